The van der Waals surface area contributed by atoms with Crippen LogP contribution in [0.5, 0.6) is 5.75 Å². The van der Waals surface area contributed by atoms with Gasteiger partial charge in [0.1, 0.15) is 4.90 Å². The second-order valence-electron chi connectivity index (χ2n) is 4.65. The van der Waals surface area contributed by atoms with Gasteiger partial charge in [-0.15, -0.1) is 0 Å². The molecule has 0 fully saturated rings. The molecular formula is C13H13ClN2O6S. The normalized spacial score (nSPS) is 12.0. The van der Waals surface area contributed by atoms with E-state index in [4.69, 9.17) is 11.6 Å². The molecule has 0 aliphatic heterocycles. The van der Waals surface area contributed by atoms with Crippen molar-refractivity contribution >= 4 is 33.0 Å². The summed E-state index contributed by atoms with van der Waals surface area (Å²) < 4.78 is 25.1. The molecule has 0 aromatic heterocycles. The number of benzene rings is 1. The second-order valence-corrected chi connectivity index (χ2v) is 6.93. The van der Waals surface area contributed by atoms with Crippen molar-refractivity contribution < 1.29 is 18.4 Å². The maximum absolute atomic E-state index is 12.3. The minimum Gasteiger partial charge on any atom is -0.504 e. The Balaban J connectivity index is 2.57. The van der Waals surface area contributed by atoms with E-state index in [1.165, 1.54) is 19.1 Å². The molecular weight excluding hydrogens is 348 g/mol. The molecule has 124 valence electrons. The summed E-state index contributed by atoms with van der Waals surface area (Å²) in [7, 11) is -1.95. The first kappa shape index (κ1) is 17.4. The van der Waals surface area contributed by atoms with Crippen molar-refractivity contribution in [2.24, 2.45) is 0 Å². The van der Waals surface area contributed by atoms with Crippen molar-refractivity contribution in [2.75, 3.05) is 19.5 Å². The van der Waals surface area contributed by atoms with Crippen LogP contribution >= 0.6 is 11.6 Å². The van der Waals surface area contributed by atoms with Crippen LogP contribution in [0.4, 0.5) is 11.4 Å². The third-order valence-corrected chi connectivity index (χ3v) is 5.53. The van der Waals surface area contributed by atoms with E-state index in [1.807, 2.05) is 0 Å². The van der Waals surface area contributed by atoms with E-state index in [2.05, 4.69) is 10.2 Å². The molecule has 0 spiro atoms. The zero-order valence-corrected chi connectivity index (χ0v) is 13.9. The first-order valence-corrected chi connectivity index (χ1v) is 8.06. The molecule has 0 amide bonds. The van der Waals surface area contributed by atoms with Gasteiger partial charge in [-0.2, -0.15) is 0 Å². The molecule has 2 N–H and O–H groups in total. The summed E-state index contributed by atoms with van der Waals surface area (Å²) >= 11 is 5.87. The largest absolute Gasteiger partial charge is 0.504 e. The van der Waals surface area contributed by atoms with E-state index in [1.54, 1.807) is 0 Å². The van der Waals surface area contributed by atoms with E-state index < -0.39 is 31.5 Å². The number of rotatable bonds is 5. The highest BCUT2D eigenvalue weighted by atomic mass is 35.5. The topological polar surface area (TPSA) is 113 Å². The monoisotopic (exact) mass is 360 g/mol. The van der Waals surface area contributed by atoms with Crippen molar-refractivity contribution in [1.82, 2.24) is 4.47 Å². The number of hydrogen-bond donors (Lipinski definition) is 2. The maximum atomic E-state index is 12.3. The molecule has 0 bridgehead atoms. The number of halogens is 1. The molecule has 0 aliphatic carbocycles. The molecule has 0 saturated heterocycles. The summed E-state index contributed by atoms with van der Waals surface area (Å²) in [5.41, 5.74) is -1.25. The molecule has 0 atom stereocenters. The molecule has 0 saturated carbocycles. The van der Waals surface area contributed by atoms with Crippen LogP contribution in [0, 0.1) is 6.92 Å². The number of nitrogens with zero attached hydrogens (tertiary/aromatic N) is 1. The predicted octanol–water partition coefficient (Wildman–Crippen LogP) is 0.876. The van der Waals surface area contributed by atoms with Crippen LogP contribution in [-0.2, 0) is 14.9 Å². The van der Waals surface area contributed by atoms with Crippen molar-refractivity contribution in [2.45, 2.75) is 11.8 Å². The van der Waals surface area contributed by atoms with Crippen LogP contribution in [0.2, 0.25) is 5.02 Å². The van der Waals surface area contributed by atoms with Gasteiger partial charge in [-0.25, -0.2) is 8.42 Å². The lowest BCUT2D eigenvalue weighted by molar-refractivity contribution is -0.0259. The number of hydroxylamine groups is 1. The third-order valence-electron chi connectivity index (χ3n) is 3.35. The van der Waals surface area contributed by atoms with Gasteiger partial charge in [0.05, 0.1) is 23.5 Å². The predicted molar refractivity (Wildman–Crippen MR) is 84.4 cm³/mol. The van der Waals surface area contributed by atoms with Crippen LogP contribution in [0.15, 0.2) is 26.6 Å². The molecule has 8 nitrogen and oxygen atoms in total. The van der Waals surface area contributed by atoms with Crippen molar-refractivity contribution in [3.63, 3.8) is 0 Å². The molecule has 2 aromatic rings. The maximum Gasteiger partial charge on any atom is 0.269 e. The molecule has 0 aliphatic rings. The Morgan fingerprint density at radius 3 is 2.39 bits per heavy atom. The van der Waals surface area contributed by atoms with E-state index in [9.17, 15) is 23.1 Å². The standard InChI is InChI=1S/C13H13ClN2O6S/c1-6-9(12(19)10(6)17)15-8-5-4-7(14)13(11(8)18)23(20,21)16(2)22-3/h4-5,15,18H,1-3H3. The zero-order chi connectivity index (χ0) is 17.5. The molecule has 10 heteroatoms. The van der Waals surface area contributed by atoms with Crippen LogP contribution in [-0.4, -0.2) is 32.2 Å². The summed E-state index contributed by atoms with van der Waals surface area (Å²) in [6.45, 7) is 1.44. The van der Waals surface area contributed by atoms with Gasteiger partial charge < -0.3 is 10.4 Å². The highest BCUT2D eigenvalue weighted by Crippen LogP contribution is 2.39. The van der Waals surface area contributed by atoms with Crippen molar-refractivity contribution in [3.8, 4) is 5.75 Å². The summed E-state index contributed by atoms with van der Waals surface area (Å²) in [5, 5.41) is 12.6. The van der Waals surface area contributed by atoms with E-state index in [-0.39, 0.29) is 22.0 Å². The Morgan fingerprint density at radius 2 is 1.87 bits per heavy atom. The van der Waals surface area contributed by atoms with Gasteiger partial charge in [-0.3, -0.25) is 14.4 Å². The number of hydrogen-bond acceptors (Lipinski definition) is 7. The van der Waals surface area contributed by atoms with Crippen LogP contribution in [0.3, 0.4) is 0 Å². The molecule has 0 heterocycles. The van der Waals surface area contributed by atoms with Gasteiger partial charge in [0.25, 0.3) is 10.0 Å². The molecule has 2 aromatic carbocycles. The Bertz CT molecular complexity index is 946. The number of phenols is 1. The molecule has 23 heavy (non-hydrogen) atoms. The number of sulfonamides is 1. The Morgan fingerprint density at radius 1 is 1.26 bits per heavy atom. The summed E-state index contributed by atoms with van der Waals surface area (Å²) in [6.07, 6.45) is 0. The fraction of sp³-hybridized carbons (Fsp3) is 0.231. The Hall–Kier alpha value is -1.94. The smallest absolute Gasteiger partial charge is 0.269 e. The number of phenolic OH excluding ortho intramolecular Hbond substituents is 1. The van der Waals surface area contributed by atoms with Gasteiger partial charge in [0, 0.05) is 12.6 Å². The average molecular weight is 361 g/mol. The summed E-state index contributed by atoms with van der Waals surface area (Å²) in [5.74, 6) is -0.686. The van der Waals surface area contributed by atoms with Gasteiger partial charge >= 0.3 is 0 Å². The van der Waals surface area contributed by atoms with Crippen LogP contribution in [0.1, 0.15) is 5.56 Å². The average Bonchev–Trinajstić information content (AvgIpc) is 2.52. The van der Waals surface area contributed by atoms with E-state index in [0.29, 0.717) is 4.47 Å². The van der Waals surface area contributed by atoms with Gasteiger partial charge in [0.2, 0.25) is 10.9 Å². The first-order chi connectivity index (χ1) is 10.6. The quantitative estimate of drug-likeness (QED) is 0.462. The van der Waals surface area contributed by atoms with E-state index >= 15 is 0 Å². The third kappa shape index (κ3) is 2.72. The Labute approximate surface area is 136 Å². The number of anilines is 2. The number of aromatic hydroxyl groups is 1. The lowest BCUT2D eigenvalue weighted by Gasteiger charge is -2.18. The number of nitrogens with one attached hydrogen (secondary N) is 1. The second kappa shape index (κ2) is 5.93. The lowest BCUT2D eigenvalue weighted by atomic mass is 10.1. The van der Waals surface area contributed by atoms with E-state index in [0.717, 1.165) is 14.2 Å². The first-order valence-electron chi connectivity index (χ1n) is 6.24. The fourth-order valence-electron chi connectivity index (χ4n) is 1.91. The van der Waals surface area contributed by atoms with Crippen LogP contribution < -0.4 is 16.2 Å². The van der Waals surface area contributed by atoms with Crippen molar-refractivity contribution in [1.29, 1.82) is 0 Å². The molecule has 0 unspecified atom stereocenters. The van der Waals surface area contributed by atoms with Crippen LogP contribution in [0.25, 0.3) is 0 Å². The van der Waals surface area contributed by atoms with Gasteiger partial charge in [-0.1, -0.05) is 16.1 Å². The molecule has 0 radical (unpaired) electrons. The minimum absolute atomic E-state index is 0.00364. The summed E-state index contributed by atoms with van der Waals surface area (Å²) in [6, 6.07) is 2.53. The minimum atomic E-state index is -4.21. The zero-order valence-electron chi connectivity index (χ0n) is 12.4. The fourth-order valence-corrected chi connectivity index (χ4v) is 3.48. The highest BCUT2D eigenvalue weighted by molar-refractivity contribution is 7.89. The lowest BCUT2D eigenvalue weighted by Crippen LogP contribution is -2.36. The van der Waals surface area contributed by atoms with Crippen molar-refractivity contribution in [3.05, 3.63) is 43.2 Å². The molecule has 2 rings (SSSR count). The van der Waals surface area contributed by atoms with Gasteiger partial charge in [0.15, 0.2) is 5.75 Å². The van der Waals surface area contributed by atoms with Gasteiger partial charge in [-0.05, 0) is 19.1 Å². The highest BCUT2D eigenvalue weighted by Gasteiger charge is 2.30. The Kier molecular flexibility index (Phi) is 4.49. The SMILES string of the molecule is CON(C)S(=O)(=O)c1c(Cl)ccc(Nc2c(C)c(=O)c2=O)c1O. The summed E-state index contributed by atoms with van der Waals surface area (Å²) in [4.78, 5) is 26.7.